The Hall–Kier alpha value is -0.300. The van der Waals surface area contributed by atoms with E-state index in [4.69, 9.17) is 0 Å². The van der Waals surface area contributed by atoms with Gasteiger partial charge >= 0.3 is 0 Å². The Morgan fingerprint density at radius 2 is 2.00 bits per heavy atom. The molecule has 0 unspecified atom stereocenters. The highest BCUT2D eigenvalue weighted by Crippen LogP contribution is 2.27. The number of nitrogens with zero attached hydrogens (tertiary/aromatic N) is 1. The van der Waals surface area contributed by atoms with Gasteiger partial charge < -0.3 is 10.6 Å². The smallest absolute Gasteiger partial charge is 0.191 e. The molecular weight excluding hydrogens is 369 g/mol. The second kappa shape index (κ2) is 8.79. The van der Waals surface area contributed by atoms with Crippen LogP contribution < -0.4 is 10.6 Å². The third kappa shape index (κ3) is 6.12. The first-order chi connectivity index (χ1) is 8.81. The van der Waals surface area contributed by atoms with Crippen molar-refractivity contribution in [2.45, 2.75) is 39.7 Å². The van der Waals surface area contributed by atoms with Crippen LogP contribution in [0.15, 0.2) is 17.1 Å². The van der Waals surface area contributed by atoms with Gasteiger partial charge in [-0.25, -0.2) is 4.99 Å². The van der Waals surface area contributed by atoms with Gasteiger partial charge in [-0.3, -0.25) is 0 Å². The van der Waals surface area contributed by atoms with Crippen LogP contribution in [0.1, 0.15) is 36.4 Å². The molecule has 3 nitrogen and oxygen atoms in total. The molecule has 2 N–H and O–H groups in total. The van der Waals surface area contributed by atoms with Gasteiger partial charge in [0.25, 0.3) is 0 Å². The van der Waals surface area contributed by atoms with E-state index in [0.717, 1.165) is 37.9 Å². The van der Waals surface area contributed by atoms with Crippen molar-refractivity contribution in [1.82, 2.24) is 10.6 Å². The molecule has 1 aliphatic rings. The predicted octanol–water partition coefficient (Wildman–Crippen LogP) is 3.39. The van der Waals surface area contributed by atoms with Gasteiger partial charge in [0.2, 0.25) is 0 Å². The van der Waals surface area contributed by atoms with E-state index in [-0.39, 0.29) is 24.0 Å². The maximum Gasteiger partial charge on any atom is 0.191 e. The molecule has 0 atom stereocenters. The standard InChI is InChI=1S/C14H23N3S.HI/c1-3-12-7-8-13(18-12)10-17-14(15-4-2)16-9-11-5-6-11;/h7-8,11H,3-6,9-10H2,1-2H3,(H2,15,16,17);1H. The summed E-state index contributed by atoms with van der Waals surface area (Å²) in [4.78, 5) is 7.42. The zero-order chi connectivity index (χ0) is 12.8. The first-order valence-corrected chi connectivity index (χ1v) is 7.73. The van der Waals surface area contributed by atoms with Crippen molar-refractivity contribution in [3.8, 4) is 0 Å². The van der Waals surface area contributed by atoms with Gasteiger partial charge in [-0.05, 0) is 44.2 Å². The van der Waals surface area contributed by atoms with E-state index in [2.05, 4.69) is 41.6 Å². The normalized spacial score (nSPS) is 14.9. The third-order valence-corrected chi connectivity index (χ3v) is 4.27. The number of guanidine groups is 1. The molecule has 1 fully saturated rings. The van der Waals surface area contributed by atoms with Crippen LogP contribution in [-0.4, -0.2) is 19.0 Å². The van der Waals surface area contributed by atoms with Crippen LogP contribution in [0.2, 0.25) is 0 Å². The lowest BCUT2D eigenvalue weighted by Crippen LogP contribution is -2.38. The van der Waals surface area contributed by atoms with Crippen molar-refractivity contribution >= 4 is 41.3 Å². The number of aliphatic imine (C=N–C) groups is 1. The Labute approximate surface area is 137 Å². The highest BCUT2D eigenvalue weighted by Gasteiger charge is 2.20. The van der Waals surface area contributed by atoms with Crippen molar-refractivity contribution in [2.75, 3.05) is 13.1 Å². The van der Waals surface area contributed by atoms with Gasteiger partial charge in [0.15, 0.2) is 5.96 Å². The Balaban J connectivity index is 0.00000180. The van der Waals surface area contributed by atoms with Gasteiger partial charge in [-0.1, -0.05) is 6.92 Å². The Morgan fingerprint density at radius 1 is 1.26 bits per heavy atom. The summed E-state index contributed by atoms with van der Waals surface area (Å²) >= 11 is 1.87. The molecule has 0 radical (unpaired) electrons. The van der Waals surface area contributed by atoms with Gasteiger partial charge in [0, 0.05) is 22.8 Å². The van der Waals surface area contributed by atoms with Crippen molar-refractivity contribution in [3.05, 3.63) is 21.9 Å². The van der Waals surface area contributed by atoms with Crippen molar-refractivity contribution in [2.24, 2.45) is 10.9 Å². The van der Waals surface area contributed by atoms with E-state index in [0.29, 0.717) is 0 Å². The highest BCUT2D eigenvalue weighted by molar-refractivity contribution is 14.0. The first-order valence-electron chi connectivity index (χ1n) is 6.91. The highest BCUT2D eigenvalue weighted by atomic mass is 127. The van der Waals surface area contributed by atoms with Crippen LogP contribution in [0.25, 0.3) is 0 Å². The Bertz CT molecular complexity index is 399. The SMILES string of the molecule is CCNC(=NCc1ccc(CC)s1)NCC1CC1.I. The summed E-state index contributed by atoms with van der Waals surface area (Å²) < 4.78 is 0. The summed E-state index contributed by atoms with van der Waals surface area (Å²) in [7, 11) is 0. The molecular formula is C14H24IN3S. The number of thiophene rings is 1. The number of nitrogens with one attached hydrogen (secondary N) is 2. The number of aryl methyl sites for hydroxylation is 1. The predicted molar refractivity (Wildman–Crippen MR) is 94.7 cm³/mol. The zero-order valence-corrected chi connectivity index (χ0v) is 14.9. The second-order valence-corrected chi connectivity index (χ2v) is 5.99. The van der Waals surface area contributed by atoms with E-state index < -0.39 is 0 Å². The second-order valence-electron chi connectivity index (χ2n) is 4.74. The van der Waals surface area contributed by atoms with Crippen LogP contribution in [-0.2, 0) is 13.0 Å². The summed E-state index contributed by atoms with van der Waals surface area (Å²) in [5.74, 6) is 1.83. The Kier molecular flexibility index (Phi) is 7.75. The minimum Gasteiger partial charge on any atom is -0.357 e. The van der Waals surface area contributed by atoms with Crippen molar-refractivity contribution in [3.63, 3.8) is 0 Å². The number of rotatable bonds is 6. The number of hydrogen-bond acceptors (Lipinski definition) is 2. The number of hydrogen-bond donors (Lipinski definition) is 2. The molecule has 0 saturated heterocycles. The molecule has 0 spiro atoms. The van der Waals surface area contributed by atoms with Gasteiger partial charge in [-0.2, -0.15) is 0 Å². The Morgan fingerprint density at radius 3 is 2.58 bits per heavy atom. The topological polar surface area (TPSA) is 36.4 Å². The first kappa shape index (κ1) is 16.8. The van der Waals surface area contributed by atoms with E-state index in [1.807, 2.05) is 11.3 Å². The largest absolute Gasteiger partial charge is 0.357 e. The van der Waals surface area contributed by atoms with Gasteiger partial charge in [0.05, 0.1) is 6.54 Å². The fraction of sp³-hybridized carbons (Fsp3) is 0.643. The van der Waals surface area contributed by atoms with Crippen LogP contribution in [0.3, 0.4) is 0 Å². The van der Waals surface area contributed by atoms with Gasteiger partial charge in [-0.15, -0.1) is 35.3 Å². The van der Waals surface area contributed by atoms with Gasteiger partial charge in [0.1, 0.15) is 0 Å². The average molecular weight is 393 g/mol. The lowest BCUT2D eigenvalue weighted by Gasteiger charge is -2.10. The average Bonchev–Trinajstić information content (AvgIpc) is 3.10. The van der Waals surface area contributed by atoms with Crippen molar-refractivity contribution < 1.29 is 0 Å². The quantitative estimate of drug-likeness (QED) is 0.442. The summed E-state index contributed by atoms with van der Waals surface area (Å²) in [6.45, 7) is 7.07. The van der Waals surface area contributed by atoms with E-state index in [1.54, 1.807) is 0 Å². The van der Waals surface area contributed by atoms with Crippen LogP contribution in [0, 0.1) is 5.92 Å². The molecule has 108 valence electrons. The van der Waals surface area contributed by atoms with E-state index in [9.17, 15) is 0 Å². The number of halogens is 1. The monoisotopic (exact) mass is 393 g/mol. The molecule has 0 bridgehead atoms. The lowest BCUT2D eigenvalue weighted by atomic mass is 10.4. The lowest BCUT2D eigenvalue weighted by molar-refractivity contribution is 0.740. The fourth-order valence-electron chi connectivity index (χ4n) is 1.76. The molecule has 1 heterocycles. The molecule has 1 aliphatic carbocycles. The maximum atomic E-state index is 4.64. The fourth-order valence-corrected chi connectivity index (χ4v) is 2.64. The molecule has 0 amide bonds. The minimum atomic E-state index is 0. The molecule has 1 aromatic heterocycles. The summed E-state index contributed by atoms with van der Waals surface area (Å²) in [5.41, 5.74) is 0. The summed E-state index contributed by atoms with van der Waals surface area (Å²) in [6.07, 6.45) is 3.86. The molecule has 2 rings (SSSR count). The van der Waals surface area contributed by atoms with E-state index >= 15 is 0 Å². The third-order valence-electron chi connectivity index (χ3n) is 3.06. The van der Waals surface area contributed by atoms with Crippen LogP contribution in [0.5, 0.6) is 0 Å². The summed E-state index contributed by atoms with van der Waals surface area (Å²) in [5, 5.41) is 6.72. The molecule has 1 saturated carbocycles. The van der Waals surface area contributed by atoms with E-state index in [1.165, 1.54) is 22.6 Å². The molecule has 19 heavy (non-hydrogen) atoms. The maximum absolute atomic E-state index is 4.64. The molecule has 0 aliphatic heterocycles. The summed E-state index contributed by atoms with van der Waals surface area (Å²) in [6, 6.07) is 4.40. The van der Waals surface area contributed by atoms with Crippen LogP contribution >= 0.6 is 35.3 Å². The molecule has 0 aromatic carbocycles. The molecule has 1 aromatic rings. The van der Waals surface area contributed by atoms with Crippen LogP contribution in [0.4, 0.5) is 0 Å². The zero-order valence-electron chi connectivity index (χ0n) is 11.7. The van der Waals surface area contributed by atoms with Crippen molar-refractivity contribution in [1.29, 1.82) is 0 Å². The minimum absolute atomic E-state index is 0. The molecule has 5 heteroatoms.